The van der Waals surface area contributed by atoms with Gasteiger partial charge in [0.1, 0.15) is 12.3 Å². The lowest BCUT2D eigenvalue weighted by atomic mass is 10.3. The molecule has 0 radical (unpaired) electrons. The Morgan fingerprint density at radius 1 is 0.917 bits per heavy atom. The fourth-order valence-corrected chi connectivity index (χ4v) is 2.24. The van der Waals surface area contributed by atoms with Crippen LogP contribution in [0, 0.1) is 0 Å². The first-order chi connectivity index (χ1) is 11.7. The van der Waals surface area contributed by atoms with Gasteiger partial charge in [0.2, 0.25) is 5.91 Å². The molecule has 0 saturated carbocycles. The predicted octanol–water partition coefficient (Wildman–Crippen LogP) is 3.15. The van der Waals surface area contributed by atoms with Crippen LogP contribution in [0.25, 0.3) is 0 Å². The number of nitrogens with zero attached hydrogens (tertiary/aromatic N) is 1. The number of benzene rings is 1. The summed E-state index contributed by atoms with van der Waals surface area (Å²) in [5.74, 6) is 0.0868. The number of amides is 2. The van der Waals surface area contributed by atoms with E-state index in [-0.39, 0.29) is 30.7 Å². The Labute approximate surface area is 138 Å². The van der Waals surface area contributed by atoms with Gasteiger partial charge >= 0.3 is 0 Å². The lowest BCUT2D eigenvalue weighted by Crippen LogP contribution is -2.37. The minimum atomic E-state index is -0.375. The molecule has 1 aromatic carbocycles. The number of rotatable bonds is 6. The van der Waals surface area contributed by atoms with Gasteiger partial charge in [-0.25, -0.2) is 0 Å². The van der Waals surface area contributed by atoms with Gasteiger partial charge in [-0.1, -0.05) is 18.2 Å². The highest BCUT2D eigenvalue weighted by molar-refractivity contribution is 5.98. The fourth-order valence-electron chi connectivity index (χ4n) is 2.24. The number of carbonyl (C=O) groups is 2. The second-order valence-corrected chi connectivity index (χ2v) is 5.13. The molecule has 122 valence electrons. The molecule has 0 atom stereocenters. The number of anilines is 1. The van der Waals surface area contributed by atoms with Crippen molar-refractivity contribution in [3.8, 4) is 0 Å². The van der Waals surface area contributed by atoms with E-state index in [9.17, 15) is 9.59 Å². The molecule has 0 bridgehead atoms. The van der Waals surface area contributed by atoms with Gasteiger partial charge in [0, 0.05) is 5.69 Å². The monoisotopic (exact) mass is 324 g/mol. The van der Waals surface area contributed by atoms with E-state index in [4.69, 9.17) is 8.83 Å². The summed E-state index contributed by atoms with van der Waals surface area (Å²) >= 11 is 0. The largest absolute Gasteiger partial charge is 0.467 e. The molecule has 0 unspecified atom stereocenters. The minimum Gasteiger partial charge on any atom is -0.467 e. The summed E-state index contributed by atoms with van der Waals surface area (Å²) in [7, 11) is 0. The summed E-state index contributed by atoms with van der Waals surface area (Å²) in [5, 5.41) is 2.76. The van der Waals surface area contributed by atoms with Crippen LogP contribution in [0.3, 0.4) is 0 Å². The second kappa shape index (κ2) is 7.32. The zero-order chi connectivity index (χ0) is 16.8. The lowest BCUT2D eigenvalue weighted by molar-refractivity contribution is -0.117. The summed E-state index contributed by atoms with van der Waals surface area (Å²) in [4.78, 5) is 26.2. The number of furan rings is 2. The Kier molecular flexibility index (Phi) is 4.76. The van der Waals surface area contributed by atoms with Crippen molar-refractivity contribution in [2.45, 2.75) is 6.54 Å². The molecular weight excluding hydrogens is 308 g/mol. The van der Waals surface area contributed by atoms with E-state index >= 15 is 0 Å². The summed E-state index contributed by atoms with van der Waals surface area (Å²) in [5.41, 5.74) is 0.672. The molecule has 0 aliphatic rings. The number of hydrogen-bond donors (Lipinski definition) is 1. The first kappa shape index (κ1) is 15.6. The third kappa shape index (κ3) is 3.92. The summed E-state index contributed by atoms with van der Waals surface area (Å²) in [6.45, 7) is 0.0594. The standard InChI is InChI=1S/C18H16N2O4/c21-17(19-14-6-2-1-3-7-14)13-20(12-15-8-4-10-23-15)18(22)16-9-5-11-24-16/h1-11H,12-13H2,(H,19,21). The third-order valence-corrected chi connectivity index (χ3v) is 3.34. The second-order valence-electron chi connectivity index (χ2n) is 5.13. The van der Waals surface area contributed by atoms with Gasteiger partial charge in [-0.3, -0.25) is 9.59 Å². The molecule has 2 aromatic heterocycles. The van der Waals surface area contributed by atoms with Gasteiger partial charge < -0.3 is 19.1 Å². The quantitative estimate of drug-likeness (QED) is 0.756. The predicted molar refractivity (Wildman–Crippen MR) is 87.2 cm³/mol. The lowest BCUT2D eigenvalue weighted by Gasteiger charge is -2.20. The third-order valence-electron chi connectivity index (χ3n) is 3.34. The van der Waals surface area contributed by atoms with Gasteiger partial charge in [0.15, 0.2) is 5.76 Å². The smallest absolute Gasteiger partial charge is 0.290 e. The molecule has 0 spiro atoms. The molecule has 1 N–H and O–H groups in total. The van der Waals surface area contributed by atoms with Crippen molar-refractivity contribution in [1.82, 2.24) is 4.90 Å². The van der Waals surface area contributed by atoms with Gasteiger partial charge in [-0.2, -0.15) is 0 Å². The highest BCUT2D eigenvalue weighted by atomic mass is 16.3. The maximum atomic E-state index is 12.5. The van der Waals surface area contributed by atoms with Crippen molar-refractivity contribution >= 4 is 17.5 Å². The first-order valence-corrected chi connectivity index (χ1v) is 7.42. The summed E-state index contributed by atoms with van der Waals surface area (Å²) in [6, 6.07) is 15.7. The summed E-state index contributed by atoms with van der Waals surface area (Å²) < 4.78 is 10.4. The summed E-state index contributed by atoms with van der Waals surface area (Å²) in [6.07, 6.45) is 2.94. The highest BCUT2D eigenvalue weighted by Gasteiger charge is 2.22. The van der Waals surface area contributed by atoms with Crippen molar-refractivity contribution in [3.05, 3.63) is 78.6 Å². The Hall–Kier alpha value is -3.28. The molecule has 6 nitrogen and oxygen atoms in total. The van der Waals surface area contributed by atoms with Gasteiger partial charge in [0.25, 0.3) is 5.91 Å². The molecule has 0 aliphatic carbocycles. The van der Waals surface area contributed by atoms with Crippen LogP contribution in [-0.4, -0.2) is 23.3 Å². The maximum absolute atomic E-state index is 12.5. The van der Waals surface area contributed by atoms with Gasteiger partial charge in [0.05, 0.1) is 19.1 Å². The zero-order valence-electron chi connectivity index (χ0n) is 12.8. The van der Waals surface area contributed by atoms with Crippen LogP contribution < -0.4 is 5.32 Å². The van der Waals surface area contributed by atoms with Crippen molar-refractivity contribution in [2.24, 2.45) is 0 Å². The number of hydrogen-bond acceptors (Lipinski definition) is 4. The first-order valence-electron chi connectivity index (χ1n) is 7.42. The minimum absolute atomic E-state index is 0.116. The van der Waals surface area contributed by atoms with Crippen LogP contribution >= 0.6 is 0 Å². The molecule has 2 amide bonds. The topological polar surface area (TPSA) is 75.7 Å². The van der Waals surface area contributed by atoms with E-state index < -0.39 is 0 Å². The van der Waals surface area contributed by atoms with E-state index in [1.807, 2.05) is 18.2 Å². The van der Waals surface area contributed by atoms with Crippen LogP contribution in [0.5, 0.6) is 0 Å². The van der Waals surface area contributed by atoms with E-state index in [0.29, 0.717) is 11.4 Å². The number of nitrogens with one attached hydrogen (secondary N) is 1. The SMILES string of the molecule is O=C(CN(Cc1ccco1)C(=O)c1ccco1)Nc1ccccc1. The van der Waals surface area contributed by atoms with Crippen molar-refractivity contribution in [1.29, 1.82) is 0 Å². The maximum Gasteiger partial charge on any atom is 0.290 e. The molecule has 0 fully saturated rings. The molecule has 3 aromatic rings. The number of para-hydroxylation sites is 1. The van der Waals surface area contributed by atoms with Crippen LogP contribution in [0.1, 0.15) is 16.3 Å². The van der Waals surface area contributed by atoms with Crippen molar-refractivity contribution < 1.29 is 18.4 Å². The van der Waals surface area contributed by atoms with Crippen LogP contribution in [0.4, 0.5) is 5.69 Å². The zero-order valence-corrected chi connectivity index (χ0v) is 12.8. The molecule has 2 heterocycles. The van der Waals surface area contributed by atoms with Crippen molar-refractivity contribution in [2.75, 3.05) is 11.9 Å². The average Bonchev–Trinajstić information content (AvgIpc) is 3.28. The van der Waals surface area contributed by atoms with Crippen LogP contribution in [-0.2, 0) is 11.3 Å². The van der Waals surface area contributed by atoms with E-state index in [0.717, 1.165) is 0 Å². The Balaban J connectivity index is 1.71. The number of carbonyl (C=O) groups excluding carboxylic acids is 2. The van der Waals surface area contributed by atoms with Crippen LogP contribution in [0.2, 0.25) is 0 Å². The van der Waals surface area contributed by atoms with Crippen molar-refractivity contribution in [3.63, 3.8) is 0 Å². The Morgan fingerprint density at radius 3 is 2.33 bits per heavy atom. The highest BCUT2D eigenvalue weighted by Crippen LogP contribution is 2.12. The molecular formula is C18H16N2O4. The average molecular weight is 324 g/mol. The molecule has 0 aliphatic heterocycles. The molecule has 3 rings (SSSR count). The normalized spacial score (nSPS) is 10.3. The van der Waals surface area contributed by atoms with Gasteiger partial charge in [-0.15, -0.1) is 0 Å². The fraction of sp³-hybridized carbons (Fsp3) is 0.111. The van der Waals surface area contributed by atoms with Gasteiger partial charge in [-0.05, 0) is 36.4 Å². The Bertz CT molecular complexity index is 780. The molecule has 0 saturated heterocycles. The molecule has 6 heteroatoms. The van der Waals surface area contributed by atoms with E-state index in [1.54, 1.807) is 36.4 Å². The van der Waals surface area contributed by atoms with Crippen LogP contribution in [0.15, 0.2) is 76.0 Å². The van der Waals surface area contributed by atoms with E-state index in [1.165, 1.54) is 17.4 Å². The Morgan fingerprint density at radius 2 is 1.67 bits per heavy atom. The molecule has 24 heavy (non-hydrogen) atoms. The van der Waals surface area contributed by atoms with E-state index in [2.05, 4.69) is 5.32 Å².